The second kappa shape index (κ2) is 12.5. The highest BCUT2D eigenvalue weighted by atomic mass is 16.5. The first-order chi connectivity index (χ1) is 15.3. The largest absolute Gasteiger partial charge is 0.382 e. The molecule has 0 atom stereocenters. The van der Waals surface area contributed by atoms with Crippen molar-refractivity contribution in [3.63, 3.8) is 0 Å². The summed E-state index contributed by atoms with van der Waals surface area (Å²) < 4.78 is 7.22. The van der Waals surface area contributed by atoms with Gasteiger partial charge in [0.25, 0.3) is 0 Å². The Hall–Kier alpha value is -3.19. The van der Waals surface area contributed by atoms with E-state index in [0.29, 0.717) is 13.1 Å². The van der Waals surface area contributed by atoms with E-state index in [4.69, 9.17) is 9.73 Å². The van der Waals surface area contributed by atoms with Gasteiger partial charge in [0.1, 0.15) is 12.7 Å². The molecule has 0 spiro atoms. The fourth-order valence-corrected chi connectivity index (χ4v) is 3.26. The van der Waals surface area contributed by atoms with Gasteiger partial charge in [0.15, 0.2) is 5.96 Å². The zero-order chi connectivity index (χ0) is 21.7. The molecule has 0 aliphatic rings. The van der Waals surface area contributed by atoms with E-state index in [2.05, 4.69) is 76.2 Å². The zero-order valence-corrected chi connectivity index (χ0v) is 18.4. The number of ether oxygens (including phenoxy) is 1. The summed E-state index contributed by atoms with van der Waals surface area (Å²) in [6.07, 6.45) is 4.24. The molecule has 7 nitrogen and oxygen atoms in total. The van der Waals surface area contributed by atoms with Crippen LogP contribution in [0.15, 0.2) is 66.2 Å². The second-order valence-corrected chi connectivity index (χ2v) is 7.12. The molecular weight excluding hydrogens is 388 g/mol. The van der Waals surface area contributed by atoms with E-state index in [1.807, 2.05) is 11.6 Å². The molecule has 3 rings (SSSR count). The fourth-order valence-electron chi connectivity index (χ4n) is 3.26. The van der Waals surface area contributed by atoms with E-state index in [1.165, 1.54) is 22.3 Å². The molecule has 7 heteroatoms. The highest BCUT2D eigenvalue weighted by Gasteiger charge is 2.06. The zero-order valence-electron chi connectivity index (χ0n) is 18.4. The average molecular weight is 421 g/mol. The van der Waals surface area contributed by atoms with Gasteiger partial charge in [-0.3, -0.25) is 0 Å². The highest BCUT2D eigenvalue weighted by Crippen LogP contribution is 2.25. The molecule has 0 bridgehead atoms. The number of rotatable bonds is 11. The summed E-state index contributed by atoms with van der Waals surface area (Å²) in [6, 6.07) is 17.0. The third kappa shape index (κ3) is 7.22. The molecule has 0 fully saturated rings. The maximum Gasteiger partial charge on any atom is 0.191 e. The Morgan fingerprint density at radius 2 is 1.90 bits per heavy atom. The molecule has 1 heterocycles. The average Bonchev–Trinajstić information content (AvgIpc) is 3.31. The minimum Gasteiger partial charge on any atom is -0.382 e. The summed E-state index contributed by atoms with van der Waals surface area (Å²) in [5.41, 5.74) is 4.77. The second-order valence-electron chi connectivity index (χ2n) is 7.12. The maximum atomic E-state index is 5.40. The van der Waals surface area contributed by atoms with Gasteiger partial charge in [-0.1, -0.05) is 48.5 Å². The number of nitrogens with zero attached hydrogens (tertiary/aromatic N) is 4. The van der Waals surface area contributed by atoms with Crippen LogP contribution >= 0.6 is 0 Å². The summed E-state index contributed by atoms with van der Waals surface area (Å²) >= 11 is 0. The Morgan fingerprint density at radius 3 is 2.65 bits per heavy atom. The quantitative estimate of drug-likeness (QED) is 0.282. The van der Waals surface area contributed by atoms with Crippen molar-refractivity contribution in [2.75, 3.05) is 26.3 Å². The lowest BCUT2D eigenvalue weighted by Crippen LogP contribution is -2.38. The summed E-state index contributed by atoms with van der Waals surface area (Å²) in [5, 5.41) is 10.9. The Morgan fingerprint density at radius 1 is 1.06 bits per heavy atom. The summed E-state index contributed by atoms with van der Waals surface area (Å²) in [7, 11) is 0. The van der Waals surface area contributed by atoms with Crippen molar-refractivity contribution >= 4 is 5.96 Å². The van der Waals surface area contributed by atoms with E-state index in [9.17, 15) is 0 Å². The van der Waals surface area contributed by atoms with Gasteiger partial charge >= 0.3 is 0 Å². The Kier molecular flexibility index (Phi) is 9.07. The number of guanidine groups is 1. The van der Waals surface area contributed by atoms with Crippen LogP contribution in [0.4, 0.5) is 0 Å². The minimum atomic E-state index is 0.609. The van der Waals surface area contributed by atoms with Gasteiger partial charge in [0, 0.05) is 26.3 Å². The van der Waals surface area contributed by atoms with Gasteiger partial charge < -0.3 is 15.4 Å². The molecule has 3 aromatic rings. The molecule has 0 aliphatic heterocycles. The van der Waals surface area contributed by atoms with Crippen LogP contribution in [0.3, 0.4) is 0 Å². The van der Waals surface area contributed by atoms with Gasteiger partial charge in [-0.05, 0) is 42.5 Å². The molecule has 2 N–H and O–H groups in total. The van der Waals surface area contributed by atoms with Gasteiger partial charge in [-0.15, -0.1) is 0 Å². The Labute approximate surface area is 184 Å². The van der Waals surface area contributed by atoms with Crippen molar-refractivity contribution in [1.82, 2.24) is 25.4 Å². The van der Waals surface area contributed by atoms with Crippen molar-refractivity contribution in [2.45, 2.75) is 33.4 Å². The third-order valence-electron chi connectivity index (χ3n) is 4.81. The van der Waals surface area contributed by atoms with E-state index < -0.39 is 0 Å². The van der Waals surface area contributed by atoms with Crippen LogP contribution in [0.2, 0.25) is 0 Å². The van der Waals surface area contributed by atoms with Crippen LogP contribution in [0, 0.1) is 0 Å². The van der Waals surface area contributed by atoms with Crippen LogP contribution in [-0.2, 0) is 17.8 Å². The number of aromatic nitrogens is 3. The van der Waals surface area contributed by atoms with Gasteiger partial charge in [0.05, 0.1) is 13.1 Å². The van der Waals surface area contributed by atoms with Crippen molar-refractivity contribution in [3.8, 4) is 11.1 Å². The van der Waals surface area contributed by atoms with Crippen molar-refractivity contribution in [3.05, 3.63) is 72.3 Å². The SMILES string of the molecule is CCNC(=NCc1ccccc1-c1ccc(Cn2cncn2)cc1)NCCCOCC. The van der Waals surface area contributed by atoms with E-state index in [0.717, 1.165) is 38.7 Å². The molecule has 2 aromatic carbocycles. The molecule has 0 unspecified atom stereocenters. The molecule has 0 aliphatic carbocycles. The smallest absolute Gasteiger partial charge is 0.191 e. The number of benzene rings is 2. The first-order valence-electron chi connectivity index (χ1n) is 10.9. The molecule has 0 amide bonds. The molecule has 164 valence electrons. The molecule has 1 aromatic heterocycles. The predicted molar refractivity (Wildman–Crippen MR) is 125 cm³/mol. The van der Waals surface area contributed by atoms with Crippen LogP contribution in [0.25, 0.3) is 11.1 Å². The summed E-state index contributed by atoms with van der Waals surface area (Å²) in [6.45, 7) is 8.59. The van der Waals surface area contributed by atoms with Gasteiger partial charge in [0.2, 0.25) is 0 Å². The first-order valence-corrected chi connectivity index (χ1v) is 10.9. The number of hydrogen-bond acceptors (Lipinski definition) is 4. The van der Waals surface area contributed by atoms with Gasteiger partial charge in [-0.25, -0.2) is 14.7 Å². The number of nitrogens with one attached hydrogen (secondary N) is 2. The molecule has 0 saturated carbocycles. The van der Waals surface area contributed by atoms with Gasteiger partial charge in [-0.2, -0.15) is 5.10 Å². The predicted octanol–water partition coefficient (Wildman–Crippen LogP) is 3.48. The topological polar surface area (TPSA) is 76.4 Å². The minimum absolute atomic E-state index is 0.609. The van der Waals surface area contributed by atoms with Crippen LogP contribution in [0.5, 0.6) is 0 Å². The van der Waals surface area contributed by atoms with Crippen LogP contribution < -0.4 is 10.6 Å². The summed E-state index contributed by atoms with van der Waals surface area (Å²) in [5.74, 6) is 0.831. The molecule has 31 heavy (non-hydrogen) atoms. The number of aliphatic imine (C=N–C) groups is 1. The van der Waals surface area contributed by atoms with E-state index >= 15 is 0 Å². The lowest BCUT2D eigenvalue weighted by Gasteiger charge is -2.13. The standard InChI is InChI=1S/C24H32N6O/c1-3-26-24(27-14-7-15-31-4-2)28-16-22-8-5-6-9-23(22)21-12-10-20(11-13-21)17-30-19-25-18-29-30/h5-6,8-13,18-19H,3-4,7,14-17H2,1-2H3,(H2,26,27,28). The van der Waals surface area contributed by atoms with Crippen LogP contribution in [0.1, 0.15) is 31.4 Å². The lowest BCUT2D eigenvalue weighted by molar-refractivity contribution is 0.145. The first kappa shape index (κ1) is 22.5. The highest BCUT2D eigenvalue weighted by molar-refractivity contribution is 5.80. The van der Waals surface area contributed by atoms with Crippen molar-refractivity contribution in [1.29, 1.82) is 0 Å². The third-order valence-corrected chi connectivity index (χ3v) is 4.81. The van der Waals surface area contributed by atoms with E-state index in [1.54, 1.807) is 12.7 Å². The normalized spacial score (nSPS) is 11.5. The van der Waals surface area contributed by atoms with Crippen LogP contribution in [-0.4, -0.2) is 47.0 Å². The Bertz CT molecular complexity index is 922. The maximum absolute atomic E-state index is 5.40. The molecule has 0 saturated heterocycles. The molecule has 0 radical (unpaired) electrons. The van der Waals surface area contributed by atoms with Crippen molar-refractivity contribution < 1.29 is 4.74 Å². The summed E-state index contributed by atoms with van der Waals surface area (Å²) in [4.78, 5) is 8.79. The monoisotopic (exact) mass is 420 g/mol. The Balaban J connectivity index is 1.66. The molecular formula is C24H32N6O. The fraction of sp³-hybridized carbons (Fsp3) is 0.375. The van der Waals surface area contributed by atoms with Crippen molar-refractivity contribution in [2.24, 2.45) is 4.99 Å². The lowest BCUT2D eigenvalue weighted by atomic mass is 9.98. The van der Waals surface area contributed by atoms with E-state index in [-0.39, 0.29) is 0 Å². The number of hydrogen-bond donors (Lipinski definition) is 2.